The van der Waals surface area contributed by atoms with Crippen LogP contribution in [-0.2, 0) is 6.54 Å². The molecule has 0 amide bonds. The number of para-hydroxylation sites is 1. The van der Waals surface area contributed by atoms with Crippen molar-refractivity contribution in [3.05, 3.63) is 35.5 Å². The molecule has 1 aliphatic heterocycles. The molecule has 112 valence electrons. The van der Waals surface area contributed by atoms with Gasteiger partial charge in [0, 0.05) is 18.0 Å². The molecular formula is C18H25N3. The lowest BCUT2D eigenvalue weighted by molar-refractivity contribution is 0.399. The number of fused-ring (bicyclic) bond motifs is 1. The minimum atomic E-state index is 0.648. The van der Waals surface area contributed by atoms with Gasteiger partial charge in [-0.2, -0.15) is 5.10 Å². The van der Waals surface area contributed by atoms with E-state index in [0.717, 1.165) is 18.7 Å². The number of aryl methyl sites for hydroxylation is 1. The van der Waals surface area contributed by atoms with Crippen LogP contribution in [0.4, 0.5) is 0 Å². The van der Waals surface area contributed by atoms with Crippen molar-refractivity contribution >= 4 is 17.0 Å². The molecule has 3 nitrogen and oxygen atoms in total. The number of nitrogens with one attached hydrogen (secondary N) is 1. The average Bonchev–Trinajstić information content (AvgIpc) is 2.86. The van der Waals surface area contributed by atoms with Crippen LogP contribution in [0.1, 0.15) is 45.2 Å². The highest BCUT2D eigenvalue weighted by molar-refractivity contribution is 5.87. The number of piperidine rings is 1. The third kappa shape index (κ3) is 3.18. The standard InChI is InChI=1S/C18H25N3/c1-3-21-18-10-5-4-9-16(18)17(20-21)13-14(2)12-15-8-6-7-11-19-15/h4-5,9-10,13,15,19H,3,6-8,11-12H2,1-2H3/b14-13-. The van der Waals surface area contributed by atoms with E-state index in [9.17, 15) is 0 Å². The smallest absolute Gasteiger partial charge is 0.0929 e. The lowest BCUT2D eigenvalue weighted by Gasteiger charge is -2.23. The minimum absolute atomic E-state index is 0.648. The summed E-state index contributed by atoms with van der Waals surface area (Å²) in [6, 6.07) is 9.16. The van der Waals surface area contributed by atoms with Gasteiger partial charge in [0.15, 0.2) is 0 Å². The Morgan fingerprint density at radius 1 is 1.38 bits per heavy atom. The van der Waals surface area contributed by atoms with Crippen LogP contribution in [0, 0.1) is 0 Å². The Morgan fingerprint density at radius 3 is 3.00 bits per heavy atom. The van der Waals surface area contributed by atoms with E-state index >= 15 is 0 Å². The Labute approximate surface area is 127 Å². The van der Waals surface area contributed by atoms with Crippen LogP contribution >= 0.6 is 0 Å². The fraction of sp³-hybridized carbons (Fsp3) is 0.500. The van der Waals surface area contributed by atoms with E-state index in [-0.39, 0.29) is 0 Å². The van der Waals surface area contributed by atoms with Crippen molar-refractivity contribution in [2.24, 2.45) is 0 Å². The minimum Gasteiger partial charge on any atom is -0.314 e. The topological polar surface area (TPSA) is 29.9 Å². The second-order valence-corrected chi connectivity index (χ2v) is 6.06. The summed E-state index contributed by atoms with van der Waals surface area (Å²) in [5.74, 6) is 0. The second kappa shape index (κ2) is 6.44. The van der Waals surface area contributed by atoms with Crippen LogP contribution in [0.2, 0.25) is 0 Å². The SMILES string of the molecule is CCn1nc(/C=C(/C)CC2CCCCN2)c2ccccc21. The molecule has 1 saturated heterocycles. The summed E-state index contributed by atoms with van der Waals surface area (Å²) in [7, 11) is 0. The first-order chi connectivity index (χ1) is 10.3. The molecule has 2 heterocycles. The van der Waals surface area contributed by atoms with Crippen molar-refractivity contribution in [3.63, 3.8) is 0 Å². The van der Waals surface area contributed by atoms with Gasteiger partial charge in [-0.05, 0) is 51.8 Å². The molecular weight excluding hydrogens is 258 g/mol. The first kappa shape index (κ1) is 14.3. The van der Waals surface area contributed by atoms with Gasteiger partial charge in [0.05, 0.1) is 11.2 Å². The van der Waals surface area contributed by atoms with Crippen LogP contribution < -0.4 is 5.32 Å². The molecule has 1 atom stereocenters. The molecule has 1 fully saturated rings. The molecule has 21 heavy (non-hydrogen) atoms. The maximum atomic E-state index is 4.76. The molecule has 1 aliphatic rings. The number of rotatable bonds is 4. The predicted octanol–water partition coefficient (Wildman–Crippen LogP) is 3.99. The normalized spacial score (nSPS) is 20.1. The zero-order valence-electron chi connectivity index (χ0n) is 13.1. The van der Waals surface area contributed by atoms with Crippen molar-refractivity contribution in [2.75, 3.05) is 6.54 Å². The maximum absolute atomic E-state index is 4.76. The van der Waals surface area contributed by atoms with Gasteiger partial charge in [0.2, 0.25) is 0 Å². The van der Waals surface area contributed by atoms with Crippen molar-refractivity contribution in [1.82, 2.24) is 15.1 Å². The van der Waals surface area contributed by atoms with Gasteiger partial charge in [-0.3, -0.25) is 4.68 Å². The summed E-state index contributed by atoms with van der Waals surface area (Å²) in [5.41, 5.74) is 3.76. The number of nitrogens with zero attached hydrogens (tertiary/aromatic N) is 2. The highest BCUT2D eigenvalue weighted by Gasteiger charge is 2.13. The van der Waals surface area contributed by atoms with Crippen LogP contribution in [0.3, 0.4) is 0 Å². The largest absolute Gasteiger partial charge is 0.314 e. The summed E-state index contributed by atoms with van der Waals surface area (Å²) < 4.78 is 2.09. The Bertz CT molecular complexity index is 633. The third-order valence-corrected chi connectivity index (χ3v) is 4.35. The highest BCUT2D eigenvalue weighted by atomic mass is 15.3. The van der Waals surface area contributed by atoms with Gasteiger partial charge in [-0.1, -0.05) is 30.2 Å². The van der Waals surface area contributed by atoms with E-state index in [1.807, 2.05) is 0 Å². The van der Waals surface area contributed by atoms with E-state index in [1.54, 1.807) is 0 Å². The molecule has 0 bridgehead atoms. The van der Waals surface area contributed by atoms with Crippen molar-refractivity contribution in [3.8, 4) is 0 Å². The van der Waals surface area contributed by atoms with Crippen molar-refractivity contribution in [1.29, 1.82) is 0 Å². The molecule has 0 aliphatic carbocycles. The number of hydrogen-bond donors (Lipinski definition) is 1. The number of benzene rings is 1. The lowest BCUT2D eigenvalue weighted by atomic mass is 9.98. The molecule has 1 unspecified atom stereocenters. The summed E-state index contributed by atoms with van der Waals surface area (Å²) in [6.45, 7) is 6.46. The molecule has 0 spiro atoms. The van der Waals surface area contributed by atoms with E-state index in [1.165, 1.54) is 42.3 Å². The van der Waals surface area contributed by atoms with Gasteiger partial charge >= 0.3 is 0 Å². The molecule has 1 aromatic carbocycles. The predicted molar refractivity (Wildman–Crippen MR) is 89.3 cm³/mol. The summed E-state index contributed by atoms with van der Waals surface area (Å²) in [5, 5.41) is 9.64. The molecule has 2 aromatic rings. The summed E-state index contributed by atoms with van der Waals surface area (Å²) >= 11 is 0. The monoisotopic (exact) mass is 283 g/mol. The Balaban J connectivity index is 1.84. The van der Waals surface area contributed by atoms with E-state index < -0.39 is 0 Å². The Hall–Kier alpha value is -1.61. The average molecular weight is 283 g/mol. The summed E-state index contributed by atoms with van der Waals surface area (Å²) in [6.07, 6.45) is 7.39. The number of aromatic nitrogens is 2. The first-order valence-corrected chi connectivity index (χ1v) is 8.14. The highest BCUT2D eigenvalue weighted by Crippen LogP contribution is 2.22. The van der Waals surface area contributed by atoms with Crippen molar-refractivity contribution < 1.29 is 0 Å². The fourth-order valence-corrected chi connectivity index (χ4v) is 3.28. The van der Waals surface area contributed by atoms with E-state index in [4.69, 9.17) is 5.10 Å². The summed E-state index contributed by atoms with van der Waals surface area (Å²) in [4.78, 5) is 0. The zero-order valence-corrected chi connectivity index (χ0v) is 13.1. The zero-order chi connectivity index (χ0) is 14.7. The molecule has 0 saturated carbocycles. The van der Waals surface area contributed by atoms with Crippen LogP contribution in [0.15, 0.2) is 29.8 Å². The van der Waals surface area contributed by atoms with E-state index in [2.05, 4.69) is 54.2 Å². The second-order valence-electron chi connectivity index (χ2n) is 6.06. The number of hydrogen-bond acceptors (Lipinski definition) is 2. The quantitative estimate of drug-likeness (QED) is 0.919. The molecule has 3 heteroatoms. The van der Waals surface area contributed by atoms with E-state index in [0.29, 0.717) is 6.04 Å². The lowest BCUT2D eigenvalue weighted by Crippen LogP contribution is -2.33. The van der Waals surface area contributed by atoms with Crippen LogP contribution in [-0.4, -0.2) is 22.4 Å². The Kier molecular flexibility index (Phi) is 4.39. The Morgan fingerprint density at radius 2 is 2.24 bits per heavy atom. The first-order valence-electron chi connectivity index (χ1n) is 8.14. The molecule has 1 aromatic heterocycles. The molecule has 1 N–H and O–H groups in total. The van der Waals surface area contributed by atoms with Crippen LogP contribution in [0.5, 0.6) is 0 Å². The van der Waals surface area contributed by atoms with Gasteiger partial charge in [0.25, 0.3) is 0 Å². The van der Waals surface area contributed by atoms with Gasteiger partial charge in [-0.15, -0.1) is 0 Å². The van der Waals surface area contributed by atoms with Gasteiger partial charge in [-0.25, -0.2) is 0 Å². The van der Waals surface area contributed by atoms with Gasteiger partial charge < -0.3 is 5.32 Å². The fourth-order valence-electron chi connectivity index (χ4n) is 3.28. The van der Waals surface area contributed by atoms with Crippen LogP contribution in [0.25, 0.3) is 17.0 Å². The molecule has 3 rings (SSSR count). The third-order valence-electron chi connectivity index (χ3n) is 4.35. The van der Waals surface area contributed by atoms with Gasteiger partial charge in [0.1, 0.15) is 0 Å². The molecule has 0 radical (unpaired) electrons. The van der Waals surface area contributed by atoms with Crippen molar-refractivity contribution in [2.45, 2.75) is 52.1 Å². The maximum Gasteiger partial charge on any atom is 0.0929 e.